The zero-order valence-corrected chi connectivity index (χ0v) is 12.5. The molecule has 0 unspecified atom stereocenters. The van der Waals surface area contributed by atoms with Crippen molar-refractivity contribution in [2.75, 3.05) is 25.1 Å². The summed E-state index contributed by atoms with van der Waals surface area (Å²) < 4.78 is 5.21. The number of hydrogen-bond acceptors (Lipinski definition) is 6. The lowest BCUT2D eigenvalue weighted by molar-refractivity contribution is 0.112. The molecule has 2 aromatic rings. The molecule has 0 aliphatic carbocycles. The SMILES string of the molecule is COc1nc(-c2ccc(C=O)cc2)nc(N2CCCCC2)n1. The fourth-order valence-electron chi connectivity index (χ4n) is 2.51. The first kappa shape index (κ1) is 14.4. The van der Waals surface area contributed by atoms with Crippen molar-refractivity contribution in [2.24, 2.45) is 0 Å². The normalized spacial score (nSPS) is 14.7. The largest absolute Gasteiger partial charge is 0.467 e. The highest BCUT2D eigenvalue weighted by atomic mass is 16.5. The van der Waals surface area contributed by atoms with Gasteiger partial charge in [0.1, 0.15) is 6.29 Å². The van der Waals surface area contributed by atoms with E-state index in [1.807, 2.05) is 12.1 Å². The van der Waals surface area contributed by atoms with Gasteiger partial charge in [0.2, 0.25) is 5.95 Å². The summed E-state index contributed by atoms with van der Waals surface area (Å²) in [4.78, 5) is 26.2. The third-order valence-electron chi connectivity index (χ3n) is 3.73. The molecule has 1 aliphatic heterocycles. The molecule has 0 atom stereocenters. The van der Waals surface area contributed by atoms with Gasteiger partial charge in [0.15, 0.2) is 5.82 Å². The smallest absolute Gasteiger partial charge is 0.321 e. The molecule has 6 heteroatoms. The van der Waals surface area contributed by atoms with Crippen LogP contribution in [0.3, 0.4) is 0 Å². The van der Waals surface area contributed by atoms with E-state index >= 15 is 0 Å². The number of carbonyl (C=O) groups excluding carboxylic acids is 1. The topological polar surface area (TPSA) is 68.2 Å². The minimum Gasteiger partial charge on any atom is -0.467 e. The molecule has 1 saturated heterocycles. The van der Waals surface area contributed by atoms with Crippen LogP contribution in [0.25, 0.3) is 11.4 Å². The standard InChI is InChI=1S/C16H18N4O2/c1-22-16-18-14(13-7-5-12(11-21)6-8-13)17-15(19-16)20-9-3-2-4-10-20/h5-8,11H,2-4,9-10H2,1H3. The summed E-state index contributed by atoms with van der Waals surface area (Å²) in [5.74, 6) is 1.21. The maximum absolute atomic E-state index is 10.7. The van der Waals surface area contributed by atoms with E-state index in [9.17, 15) is 4.79 Å². The summed E-state index contributed by atoms with van der Waals surface area (Å²) in [6.45, 7) is 1.91. The highest BCUT2D eigenvalue weighted by molar-refractivity contribution is 5.76. The fourth-order valence-corrected chi connectivity index (χ4v) is 2.51. The predicted octanol–water partition coefficient (Wildman–Crippen LogP) is 2.35. The number of rotatable bonds is 4. The second-order valence-electron chi connectivity index (χ2n) is 5.23. The summed E-state index contributed by atoms with van der Waals surface area (Å²) in [6, 6.07) is 7.47. The van der Waals surface area contributed by atoms with E-state index in [2.05, 4.69) is 19.9 Å². The highest BCUT2D eigenvalue weighted by Gasteiger charge is 2.17. The average Bonchev–Trinajstić information content (AvgIpc) is 2.62. The molecule has 1 aromatic carbocycles. The number of hydrogen-bond donors (Lipinski definition) is 0. The zero-order chi connectivity index (χ0) is 15.4. The molecule has 0 radical (unpaired) electrons. The Hall–Kier alpha value is -2.50. The van der Waals surface area contributed by atoms with Crippen LogP contribution in [0.15, 0.2) is 24.3 Å². The van der Waals surface area contributed by atoms with Crippen LogP contribution in [0, 0.1) is 0 Å². The summed E-state index contributed by atoms with van der Waals surface area (Å²) in [7, 11) is 1.55. The number of methoxy groups -OCH3 is 1. The van der Waals surface area contributed by atoms with Gasteiger partial charge in [0.25, 0.3) is 0 Å². The molecule has 0 saturated carbocycles. The zero-order valence-electron chi connectivity index (χ0n) is 12.5. The molecule has 1 aliphatic rings. The Balaban J connectivity index is 1.96. The molecule has 2 heterocycles. The Morgan fingerprint density at radius 3 is 2.41 bits per heavy atom. The third kappa shape index (κ3) is 3.05. The van der Waals surface area contributed by atoms with Crippen LogP contribution in [0.5, 0.6) is 6.01 Å². The van der Waals surface area contributed by atoms with Gasteiger partial charge in [0.05, 0.1) is 7.11 Å². The Kier molecular flexibility index (Phi) is 4.27. The minimum absolute atomic E-state index is 0.310. The summed E-state index contributed by atoms with van der Waals surface area (Å²) in [5, 5.41) is 0. The van der Waals surface area contributed by atoms with Gasteiger partial charge < -0.3 is 9.64 Å². The summed E-state index contributed by atoms with van der Waals surface area (Å²) in [5.41, 5.74) is 1.46. The van der Waals surface area contributed by atoms with Crippen molar-refractivity contribution in [1.82, 2.24) is 15.0 Å². The van der Waals surface area contributed by atoms with E-state index < -0.39 is 0 Å². The van der Waals surface area contributed by atoms with Crippen molar-refractivity contribution in [1.29, 1.82) is 0 Å². The van der Waals surface area contributed by atoms with E-state index in [0.717, 1.165) is 37.8 Å². The highest BCUT2D eigenvalue weighted by Crippen LogP contribution is 2.22. The van der Waals surface area contributed by atoms with Crippen molar-refractivity contribution in [3.63, 3.8) is 0 Å². The van der Waals surface area contributed by atoms with E-state index in [-0.39, 0.29) is 0 Å². The molecule has 114 valence electrons. The van der Waals surface area contributed by atoms with Crippen LogP contribution in [0.1, 0.15) is 29.6 Å². The number of piperidine rings is 1. The molecule has 1 aromatic heterocycles. The number of carbonyl (C=O) groups is 1. The molecule has 3 rings (SSSR count). The molecule has 0 N–H and O–H groups in total. The maximum Gasteiger partial charge on any atom is 0.321 e. The van der Waals surface area contributed by atoms with Crippen molar-refractivity contribution in [3.8, 4) is 17.4 Å². The van der Waals surface area contributed by atoms with Crippen molar-refractivity contribution in [2.45, 2.75) is 19.3 Å². The summed E-state index contributed by atoms with van der Waals surface area (Å²) in [6.07, 6.45) is 4.37. The van der Waals surface area contributed by atoms with E-state index in [4.69, 9.17) is 4.74 Å². The van der Waals surface area contributed by atoms with Crippen LogP contribution in [-0.4, -0.2) is 41.4 Å². The van der Waals surface area contributed by atoms with E-state index in [1.54, 1.807) is 19.2 Å². The number of nitrogens with zero attached hydrogens (tertiary/aromatic N) is 4. The first-order chi connectivity index (χ1) is 10.8. The Morgan fingerprint density at radius 2 is 1.77 bits per heavy atom. The van der Waals surface area contributed by atoms with Gasteiger partial charge in [-0.3, -0.25) is 4.79 Å². The van der Waals surface area contributed by atoms with Gasteiger partial charge in [0, 0.05) is 24.2 Å². The van der Waals surface area contributed by atoms with Gasteiger partial charge in [-0.25, -0.2) is 0 Å². The van der Waals surface area contributed by atoms with E-state index in [1.165, 1.54) is 6.42 Å². The minimum atomic E-state index is 0.310. The second-order valence-corrected chi connectivity index (χ2v) is 5.23. The van der Waals surface area contributed by atoms with Crippen molar-refractivity contribution in [3.05, 3.63) is 29.8 Å². The molecular weight excluding hydrogens is 280 g/mol. The van der Waals surface area contributed by atoms with Gasteiger partial charge in [-0.2, -0.15) is 15.0 Å². The molecular formula is C16H18N4O2. The first-order valence-electron chi connectivity index (χ1n) is 7.41. The number of benzene rings is 1. The van der Waals surface area contributed by atoms with Gasteiger partial charge in [-0.15, -0.1) is 0 Å². The number of anilines is 1. The molecule has 6 nitrogen and oxygen atoms in total. The third-order valence-corrected chi connectivity index (χ3v) is 3.73. The van der Waals surface area contributed by atoms with Crippen LogP contribution in [0.2, 0.25) is 0 Å². The van der Waals surface area contributed by atoms with Gasteiger partial charge in [-0.05, 0) is 19.3 Å². The van der Waals surface area contributed by atoms with Crippen LogP contribution in [0.4, 0.5) is 5.95 Å². The quantitative estimate of drug-likeness (QED) is 0.807. The monoisotopic (exact) mass is 298 g/mol. The summed E-state index contributed by atoms with van der Waals surface area (Å²) >= 11 is 0. The molecule has 0 bridgehead atoms. The lowest BCUT2D eigenvalue weighted by atomic mass is 10.1. The Labute approximate surface area is 129 Å². The second kappa shape index (κ2) is 6.51. The van der Waals surface area contributed by atoms with Crippen LogP contribution >= 0.6 is 0 Å². The van der Waals surface area contributed by atoms with Crippen molar-refractivity contribution >= 4 is 12.2 Å². The van der Waals surface area contributed by atoms with Gasteiger partial charge >= 0.3 is 6.01 Å². The molecule has 22 heavy (non-hydrogen) atoms. The predicted molar refractivity (Wildman–Crippen MR) is 83.3 cm³/mol. The average molecular weight is 298 g/mol. The van der Waals surface area contributed by atoms with E-state index in [0.29, 0.717) is 23.3 Å². The molecule has 0 amide bonds. The Bertz CT molecular complexity index is 652. The number of ether oxygens (including phenoxy) is 1. The molecule has 0 spiro atoms. The molecule has 1 fully saturated rings. The van der Waals surface area contributed by atoms with Crippen LogP contribution in [-0.2, 0) is 0 Å². The maximum atomic E-state index is 10.7. The lowest BCUT2D eigenvalue weighted by Crippen LogP contribution is -2.31. The Morgan fingerprint density at radius 1 is 1.05 bits per heavy atom. The van der Waals surface area contributed by atoms with Gasteiger partial charge in [-0.1, -0.05) is 24.3 Å². The first-order valence-corrected chi connectivity index (χ1v) is 7.41. The number of aldehydes is 1. The number of aromatic nitrogens is 3. The fraction of sp³-hybridized carbons (Fsp3) is 0.375. The lowest BCUT2D eigenvalue weighted by Gasteiger charge is -2.26. The van der Waals surface area contributed by atoms with Crippen LogP contribution < -0.4 is 9.64 Å². The van der Waals surface area contributed by atoms with Crippen molar-refractivity contribution < 1.29 is 9.53 Å².